The van der Waals surface area contributed by atoms with Crippen LogP contribution in [0, 0.1) is 5.82 Å². The van der Waals surface area contributed by atoms with Gasteiger partial charge in [-0.3, -0.25) is 9.48 Å². The number of hydrogen-bond acceptors (Lipinski definition) is 5. The topological polar surface area (TPSA) is 79.4 Å². The van der Waals surface area contributed by atoms with E-state index in [0.717, 1.165) is 0 Å². The van der Waals surface area contributed by atoms with Crippen LogP contribution in [0.4, 0.5) is 10.1 Å². The molecule has 0 fully saturated rings. The lowest BCUT2D eigenvalue weighted by atomic mass is 10.2. The molecule has 2 rings (SSSR count). The molecule has 1 aromatic carbocycles. The highest BCUT2D eigenvalue weighted by molar-refractivity contribution is 5.69. The lowest BCUT2D eigenvalue weighted by Crippen LogP contribution is -2.13. The molecule has 0 atom stereocenters. The largest absolute Gasteiger partial charge is 0.494 e. The van der Waals surface area contributed by atoms with Crippen molar-refractivity contribution in [2.45, 2.75) is 13.2 Å². The second kappa shape index (κ2) is 6.05. The zero-order valence-electron chi connectivity index (χ0n) is 10.9. The Labute approximate surface area is 114 Å². The number of hydrogen-bond donors (Lipinski definition) is 1. The van der Waals surface area contributed by atoms with E-state index in [2.05, 4.69) is 5.10 Å². The first kappa shape index (κ1) is 13.9. The summed E-state index contributed by atoms with van der Waals surface area (Å²) in [7, 11) is 1.38. The highest BCUT2D eigenvalue weighted by Gasteiger charge is 2.08. The summed E-state index contributed by atoms with van der Waals surface area (Å²) in [4.78, 5) is 11.6. The minimum atomic E-state index is -0.499. The third-order valence-corrected chi connectivity index (χ3v) is 2.56. The summed E-state index contributed by atoms with van der Waals surface area (Å²) in [6, 6.07) is 4.37. The van der Waals surface area contributed by atoms with Crippen LogP contribution in [0.2, 0.25) is 0 Å². The first-order valence-corrected chi connectivity index (χ1v) is 5.84. The number of nitrogens with two attached hydrogens (primary N) is 1. The van der Waals surface area contributed by atoms with Crippen LogP contribution in [-0.2, 0) is 22.7 Å². The molecule has 1 heterocycles. The van der Waals surface area contributed by atoms with Gasteiger partial charge in [0.15, 0.2) is 11.6 Å². The highest BCUT2D eigenvalue weighted by Crippen LogP contribution is 2.18. The summed E-state index contributed by atoms with van der Waals surface area (Å²) in [5, 5.41) is 3.86. The van der Waals surface area contributed by atoms with Gasteiger partial charge in [-0.25, -0.2) is 4.39 Å². The van der Waals surface area contributed by atoms with E-state index in [1.807, 2.05) is 0 Å². The first-order valence-electron chi connectivity index (χ1n) is 5.84. The molecular weight excluding hydrogens is 265 g/mol. The number of halogens is 1. The van der Waals surface area contributed by atoms with Crippen molar-refractivity contribution in [1.29, 1.82) is 0 Å². The molecule has 0 radical (unpaired) electrons. The Kier molecular flexibility index (Phi) is 4.19. The normalized spacial score (nSPS) is 10.3. The maximum absolute atomic E-state index is 13.4. The number of ether oxygens (including phenoxy) is 2. The van der Waals surface area contributed by atoms with Crippen molar-refractivity contribution in [1.82, 2.24) is 9.78 Å². The zero-order chi connectivity index (χ0) is 14.5. The van der Waals surface area contributed by atoms with Crippen LogP contribution in [0.3, 0.4) is 0 Å². The molecular formula is C13H14FN3O3. The minimum Gasteiger partial charge on any atom is -0.494 e. The number of esters is 1. The van der Waals surface area contributed by atoms with Crippen LogP contribution in [0.1, 0.15) is 5.56 Å². The molecule has 0 spiro atoms. The molecule has 0 saturated carbocycles. The SMILES string of the molecule is COc1ccc(COC(=O)Cn2cc(N)cn2)cc1F. The number of carbonyl (C=O) groups is 1. The van der Waals surface area contributed by atoms with Crippen LogP contribution >= 0.6 is 0 Å². The Morgan fingerprint density at radius 2 is 2.30 bits per heavy atom. The van der Waals surface area contributed by atoms with E-state index in [1.165, 1.54) is 36.3 Å². The molecule has 0 saturated heterocycles. The summed E-state index contributed by atoms with van der Waals surface area (Å²) >= 11 is 0. The predicted molar refractivity (Wildman–Crippen MR) is 69.4 cm³/mol. The van der Waals surface area contributed by atoms with E-state index in [1.54, 1.807) is 6.07 Å². The Morgan fingerprint density at radius 3 is 2.90 bits per heavy atom. The van der Waals surface area contributed by atoms with Gasteiger partial charge >= 0.3 is 5.97 Å². The molecule has 106 valence electrons. The molecule has 0 aliphatic rings. The highest BCUT2D eigenvalue weighted by atomic mass is 19.1. The molecule has 20 heavy (non-hydrogen) atoms. The number of nitrogens with zero attached hydrogens (tertiary/aromatic N) is 2. The molecule has 1 aromatic heterocycles. The van der Waals surface area contributed by atoms with Crippen LogP contribution < -0.4 is 10.5 Å². The van der Waals surface area contributed by atoms with Crippen molar-refractivity contribution in [2.24, 2.45) is 0 Å². The molecule has 0 aliphatic carbocycles. The molecule has 0 amide bonds. The molecule has 7 heteroatoms. The fraction of sp³-hybridized carbons (Fsp3) is 0.231. The summed E-state index contributed by atoms with van der Waals surface area (Å²) in [5.41, 5.74) is 6.48. The second-order valence-corrected chi connectivity index (χ2v) is 4.10. The Hall–Kier alpha value is -2.57. The average molecular weight is 279 g/mol. The van der Waals surface area contributed by atoms with Crippen LogP contribution in [-0.4, -0.2) is 22.9 Å². The molecule has 0 bridgehead atoms. The van der Waals surface area contributed by atoms with Gasteiger partial charge in [0.05, 0.1) is 19.0 Å². The van der Waals surface area contributed by atoms with Crippen molar-refractivity contribution in [3.8, 4) is 5.75 Å². The van der Waals surface area contributed by atoms with E-state index in [4.69, 9.17) is 15.2 Å². The van der Waals surface area contributed by atoms with Gasteiger partial charge in [0, 0.05) is 6.20 Å². The zero-order valence-corrected chi connectivity index (χ0v) is 10.9. The fourth-order valence-corrected chi connectivity index (χ4v) is 1.61. The van der Waals surface area contributed by atoms with Gasteiger partial charge in [0.2, 0.25) is 0 Å². The Morgan fingerprint density at radius 1 is 1.50 bits per heavy atom. The number of methoxy groups -OCH3 is 1. The average Bonchev–Trinajstić information content (AvgIpc) is 2.82. The van der Waals surface area contributed by atoms with Crippen LogP contribution in [0.5, 0.6) is 5.75 Å². The van der Waals surface area contributed by atoms with E-state index in [-0.39, 0.29) is 18.9 Å². The van der Waals surface area contributed by atoms with Crippen LogP contribution in [0.15, 0.2) is 30.6 Å². The van der Waals surface area contributed by atoms with E-state index in [9.17, 15) is 9.18 Å². The summed E-state index contributed by atoms with van der Waals surface area (Å²) in [5.74, 6) is -0.836. The number of carbonyl (C=O) groups excluding carboxylic acids is 1. The lowest BCUT2D eigenvalue weighted by Gasteiger charge is -2.07. The van der Waals surface area contributed by atoms with Crippen molar-refractivity contribution < 1.29 is 18.7 Å². The molecule has 2 aromatic rings. The molecule has 6 nitrogen and oxygen atoms in total. The van der Waals surface area contributed by atoms with Gasteiger partial charge in [0.25, 0.3) is 0 Å². The van der Waals surface area contributed by atoms with Crippen molar-refractivity contribution in [3.63, 3.8) is 0 Å². The third kappa shape index (κ3) is 3.47. The summed E-state index contributed by atoms with van der Waals surface area (Å²) in [6.07, 6.45) is 2.96. The van der Waals surface area contributed by atoms with Gasteiger partial charge in [-0.2, -0.15) is 5.10 Å². The van der Waals surface area contributed by atoms with Crippen molar-refractivity contribution in [3.05, 3.63) is 42.0 Å². The van der Waals surface area contributed by atoms with Crippen molar-refractivity contribution in [2.75, 3.05) is 12.8 Å². The molecule has 0 unspecified atom stereocenters. The Bertz CT molecular complexity index is 613. The fourth-order valence-electron chi connectivity index (χ4n) is 1.61. The maximum atomic E-state index is 13.4. The number of aromatic nitrogens is 2. The number of nitrogen functional groups attached to an aromatic ring is 1. The number of rotatable bonds is 5. The number of benzene rings is 1. The lowest BCUT2D eigenvalue weighted by molar-refractivity contribution is -0.145. The second-order valence-electron chi connectivity index (χ2n) is 4.10. The van der Waals surface area contributed by atoms with Gasteiger partial charge in [-0.15, -0.1) is 0 Å². The predicted octanol–water partition coefficient (Wildman–Crippen LogP) is 1.36. The first-order chi connectivity index (χ1) is 9.58. The van der Waals surface area contributed by atoms with Crippen molar-refractivity contribution >= 4 is 11.7 Å². The third-order valence-electron chi connectivity index (χ3n) is 2.56. The Balaban J connectivity index is 1.88. The summed E-state index contributed by atoms with van der Waals surface area (Å²) in [6.45, 7) is -0.0632. The van der Waals surface area contributed by atoms with Crippen LogP contribution in [0.25, 0.3) is 0 Å². The summed E-state index contributed by atoms with van der Waals surface area (Å²) < 4.78 is 24.6. The smallest absolute Gasteiger partial charge is 0.328 e. The minimum absolute atomic E-state index is 0.0174. The molecule has 2 N–H and O–H groups in total. The van der Waals surface area contributed by atoms with Gasteiger partial charge in [-0.1, -0.05) is 6.07 Å². The maximum Gasteiger partial charge on any atom is 0.328 e. The quantitative estimate of drug-likeness (QED) is 0.836. The van der Waals surface area contributed by atoms with E-state index < -0.39 is 11.8 Å². The standard InChI is InChI=1S/C13H14FN3O3/c1-19-12-3-2-9(4-11(12)14)8-20-13(18)7-17-6-10(15)5-16-17/h2-6H,7-8,15H2,1H3. The van der Waals surface area contributed by atoms with Gasteiger partial charge in [-0.05, 0) is 17.7 Å². The van der Waals surface area contributed by atoms with E-state index in [0.29, 0.717) is 11.3 Å². The van der Waals surface area contributed by atoms with Gasteiger partial charge < -0.3 is 15.2 Å². The van der Waals surface area contributed by atoms with Gasteiger partial charge in [0.1, 0.15) is 13.2 Å². The van der Waals surface area contributed by atoms with E-state index >= 15 is 0 Å². The number of anilines is 1. The molecule has 0 aliphatic heterocycles. The monoisotopic (exact) mass is 279 g/mol.